The first-order valence-corrected chi connectivity index (χ1v) is 8.11. The van der Waals surface area contributed by atoms with Crippen LogP contribution in [0.15, 0.2) is 18.2 Å². The molecule has 2 aromatic rings. The highest BCUT2D eigenvalue weighted by molar-refractivity contribution is 5.87. The van der Waals surface area contributed by atoms with E-state index in [1.54, 1.807) is 14.2 Å². The van der Waals surface area contributed by atoms with Gasteiger partial charge in [0, 0.05) is 49.6 Å². The SMILES string of the molecule is COc1cc2nc(N3C[C@@H](CO)[C@H](CO)C3)cc(C)c2cc1OC. The monoisotopic (exact) mass is 332 g/mol. The van der Waals surface area contributed by atoms with E-state index in [0.29, 0.717) is 24.6 Å². The van der Waals surface area contributed by atoms with Gasteiger partial charge in [0.1, 0.15) is 5.82 Å². The zero-order valence-electron chi connectivity index (χ0n) is 14.3. The molecular weight excluding hydrogens is 308 g/mol. The molecule has 0 spiro atoms. The Kier molecular flexibility index (Phi) is 4.78. The molecule has 0 aliphatic carbocycles. The predicted octanol–water partition coefficient (Wildman–Crippen LogP) is 1.60. The molecule has 1 aromatic heterocycles. The Hall–Kier alpha value is -2.05. The van der Waals surface area contributed by atoms with Gasteiger partial charge in [0.2, 0.25) is 0 Å². The van der Waals surface area contributed by atoms with Gasteiger partial charge >= 0.3 is 0 Å². The number of fused-ring (bicyclic) bond motifs is 1. The van der Waals surface area contributed by atoms with Crippen molar-refractivity contribution >= 4 is 16.7 Å². The Morgan fingerprint density at radius 2 is 1.62 bits per heavy atom. The molecule has 2 heterocycles. The maximum absolute atomic E-state index is 9.50. The van der Waals surface area contributed by atoms with E-state index in [9.17, 15) is 10.2 Å². The third-order valence-electron chi connectivity index (χ3n) is 4.88. The van der Waals surface area contributed by atoms with Crippen LogP contribution in [0.4, 0.5) is 5.82 Å². The normalized spacial score (nSPS) is 20.6. The van der Waals surface area contributed by atoms with E-state index in [1.807, 2.05) is 25.1 Å². The smallest absolute Gasteiger partial charge is 0.162 e. The van der Waals surface area contributed by atoms with Crippen LogP contribution in [0, 0.1) is 18.8 Å². The lowest BCUT2D eigenvalue weighted by atomic mass is 9.98. The molecule has 130 valence electrons. The lowest BCUT2D eigenvalue weighted by Crippen LogP contribution is -2.22. The second kappa shape index (κ2) is 6.83. The Bertz CT molecular complexity index is 723. The van der Waals surface area contributed by atoms with Crippen molar-refractivity contribution in [3.63, 3.8) is 0 Å². The topological polar surface area (TPSA) is 75.1 Å². The number of methoxy groups -OCH3 is 2. The Morgan fingerprint density at radius 3 is 2.17 bits per heavy atom. The van der Waals surface area contributed by atoms with Crippen molar-refractivity contribution in [1.82, 2.24) is 4.98 Å². The third-order valence-corrected chi connectivity index (χ3v) is 4.88. The van der Waals surface area contributed by atoms with E-state index in [4.69, 9.17) is 14.5 Å². The molecule has 24 heavy (non-hydrogen) atoms. The maximum Gasteiger partial charge on any atom is 0.162 e. The highest BCUT2D eigenvalue weighted by Crippen LogP contribution is 2.35. The van der Waals surface area contributed by atoms with Crippen LogP contribution < -0.4 is 14.4 Å². The van der Waals surface area contributed by atoms with Gasteiger partial charge in [-0.3, -0.25) is 0 Å². The van der Waals surface area contributed by atoms with Gasteiger partial charge in [0.25, 0.3) is 0 Å². The molecule has 0 radical (unpaired) electrons. The van der Waals surface area contributed by atoms with Gasteiger partial charge in [-0.2, -0.15) is 0 Å². The fraction of sp³-hybridized carbons (Fsp3) is 0.500. The molecule has 0 bridgehead atoms. The molecule has 1 aliphatic rings. The summed E-state index contributed by atoms with van der Waals surface area (Å²) in [6.07, 6.45) is 0. The number of nitrogens with zero attached hydrogens (tertiary/aromatic N) is 2. The summed E-state index contributed by atoms with van der Waals surface area (Å²) >= 11 is 0. The number of aliphatic hydroxyl groups excluding tert-OH is 2. The molecule has 1 saturated heterocycles. The highest BCUT2D eigenvalue weighted by atomic mass is 16.5. The molecule has 0 amide bonds. The predicted molar refractivity (Wildman–Crippen MR) is 92.9 cm³/mol. The second-order valence-electron chi connectivity index (χ2n) is 6.31. The number of aromatic nitrogens is 1. The molecule has 1 aliphatic heterocycles. The summed E-state index contributed by atoms with van der Waals surface area (Å²) in [5.41, 5.74) is 1.94. The lowest BCUT2D eigenvalue weighted by molar-refractivity contribution is 0.152. The quantitative estimate of drug-likeness (QED) is 0.866. The first-order chi connectivity index (χ1) is 11.6. The van der Waals surface area contributed by atoms with Gasteiger partial charge in [0.15, 0.2) is 11.5 Å². The minimum absolute atomic E-state index is 0.0817. The number of aliphatic hydroxyl groups is 2. The summed E-state index contributed by atoms with van der Waals surface area (Å²) in [4.78, 5) is 6.90. The van der Waals surface area contributed by atoms with Gasteiger partial charge in [0.05, 0.1) is 19.7 Å². The molecule has 0 unspecified atom stereocenters. The number of pyridine rings is 1. The first-order valence-electron chi connectivity index (χ1n) is 8.11. The summed E-state index contributed by atoms with van der Waals surface area (Å²) in [6.45, 7) is 3.61. The third kappa shape index (κ3) is 2.87. The zero-order valence-corrected chi connectivity index (χ0v) is 14.3. The highest BCUT2D eigenvalue weighted by Gasteiger charge is 2.32. The molecule has 2 atom stereocenters. The number of anilines is 1. The molecule has 1 fully saturated rings. The van der Waals surface area contributed by atoms with Crippen LogP contribution >= 0.6 is 0 Å². The van der Waals surface area contributed by atoms with Crippen LogP contribution in [0.25, 0.3) is 10.9 Å². The average Bonchev–Trinajstić information content (AvgIpc) is 3.04. The van der Waals surface area contributed by atoms with Crippen LogP contribution in [0.1, 0.15) is 5.56 Å². The fourth-order valence-corrected chi connectivity index (χ4v) is 3.41. The van der Waals surface area contributed by atoms with E-state index < -0.39 is 0 Å². The van der Waals surface area contributed by atoms with Crippen LogP contribution in [-0.2, 0) is 0 Å². The minimum Gasteiger partial charge on any atom is -0.493 e. The van der Waals surface area contributed by atoms with Gasteiger partial charge in [-0.25, -0.2) is 4.98 Å². The summed E-state index contributed by atoms with van der Waals surface area (Å²) in [6, 6.07) is 5.87. The van der Waals surface area contributed by atoms with Crippen LogP contribution in [-0.4, -0.2) is 55.7 Å². The average molecular weight is 332 g/mol. The molecule has 1 aromatic carbocycles. The second-order valence-corrected chi connectivity index (χ2v) is 6.31. The van der Waals surface area contributed by atoms with Crippen LogP contribution in [0.2, 0.25) is 0 Å². The Balaban J connectivity index is 2.01. The van der Waals surface area contributed by atoms with Gasteiger partial charge in [-0.15, -0.1) is 0 Å². The van der Waals surface area contributed by atoms with Gasteiger partial charge in [-0.05, 0) is 24.6 Å². The van der Waals surface area contributed by atoms with Crippen molar-refractivity contribution in [1.29, 1.82) is 0 Å². The van der Waals surface area contributed by atoms with Crippen molar-refractivity contribution in [2.45, 2.75) is 6.92 Å². The van der Waals surface area contributed by atoms with E-state index in [1.165, 1.54) is 0 Å². The number of hydrogen-bond donors (Lipinski definition) is 2. The lowest BCUT2D eigenvalue weighted by Gasteiger charge is -2.19. The molecule has 0 saturated carbocycles. The molecular formula is C18H24N2O4. The molecule has 3 rings (SSSR count). The summed E-state index contributed by atoms with van der Waals surface area (Å²) < 4.78 is 10.7. The van der Waals surface area contributed by atoms with E-state index in [-0.39, 0.29) is 25.0 Å². The molecule has 6 heteroatoms. The fourth-order valence-electron chi connectivity index (χ4n) is 3.41. The standard InChI is InChI=1S/C18H24N2O4/c1-11-4-18(20-7-12(9-21)13(8-20)10-22)19-15-6-17(24-3)16(23-2)5-14(11)15/h4-6,12-13,21-22H,7-10H2,1-3H3/t12-,13-/m0/s1. The Labute approximate surface area is 141 Å². The number of aryl methyl sites for hydroxylation is 1. The largest absolute Gasteiger partial charge is 0.493 e. The van der Waals surface area contributed by atoms with Crippen molar-refractivity contribution < 1.29 is 19.7 Å². The minimum atomic E-state index is 0.0817. The Morgan fingerprint density at radius 1 is 1.04 bits per heavy atom. The molecule has 6 nitrogen and oxygen atoms in total. The summed E-state index contributed by atoms with van der Waals surface area (Å²) in [5.74, 6) is 2.36. The summed E-state index contributed by atoms with van der Waals surface area (Å²) in [7, 11) is 3.23. The molecule has 2 N–H and O–H groups in total. The van der Waals surface area contributed by atoms with Gasteiger partial charge in [-0.1, -0.05) is 0 Å². The van der Waals surface area contributed by atoms with Crippen molar-refractivity contribution in [2.24, 2.45) is 11.8 Å². The number of benzene rings is 1. The van der Waals surface area contributed by atoms with Crippen LogP contribution in [0.5, 0.6) is 11.5 Å². The van der Waals surface area contributed by atoms with Crippen molar-refractivity contribution in [3.05, 3.63) is 23.8 Å². The zero-order chi connectivity index (χ0) is 17.3. The van der Waals surface area contributed by atoms with E-state index in [2.05, 4.69) is 4.90 Å². The van der Waals surface area contributed by atoms with E-state index >= 15 is 0 Å². The first kappa shape index (κ1) is 16.8. The summed E-state index contributed by atoms with van der Waals surface area (Å²) in [5, 5.41) is 20.0. The number of ether oxygens (including phenoxy) is 2. The van der Waals surface area contributed by atoms with E-state index in [0.717, 1.165) is 22.3 Å². The number of hydrogen-bond acceptors (Lipinski definition) is 6. The number of rotatable bonds is 5. The van der Waals surface area contributed by atoms with Crippen molar-refractivity contribution in [2.75, 3.05) is 45.4 Å². The van der Waals surface area contributed by atoms with Crippen LogP contribution in [0.3, 0.4) is 0 Å². The van der Waals surface area contributed by atoms with Gasteiger partial charge < -0.3 is 24.6 Å². The maximum atomic E-state index is 9.50. The van der Waals surface area contributed by atoms with Crippen molar-refractivity contribution in [3.8, 4) is 11.5 Å².